The lowest BCUT2D eigenvalue weighted by atomic mass is 10.0. The number of thiophene rings is 1. The lowest BCUT2D eigenvalue weighted by molar-refractivity contribution is 0.249. The quantitative estimate of drug-likeness (QED) is 0.726. The Labute approximate surface area is 126 Å². The first kappa shape index (κ1) is 12.9. The van der Waals surface area contributed by atoms with Gasteiger partial charge in [0.1, 0.15) is 12.1 Å². The monoisotopic (exact) mass is 299 g/mol. The predicted molar refractivity (Wildman–Crippen MR) is 81.6 cm³/mol. The highest BCUT2D eigenvalue weighted by molar-refractivity contribution is 7.19. The highest BCUT2D eigenvalue weighted by atomic mass is 32.1. The maximum atomic E-state index is 13.4. The highest BCUT2D eigenvalue weighted by Crippen LogP contribution is 2.35. The molecule has 3 aromatic rings. The van der Waals surface area contributed by atoms with E-state index in [-0.39, 0.29) is 5.82 Å². The fourth-order valence-electron chi connectivity index (χ4n) is 2.93. The van der Waals surface area contributed by atoms with Crippen molar-refractivity contribution in [3.05, 3.63) is 58.7 Å². The van der Waals surface area contributed by atoms with Crippen LogP contribution in [0.5, 0.6) is 0 Å². The van der Waals surface area contributed by atoms with Crippen LogP contribution in [-0.2, 0) is 19.5 Å². The van der Waals surface area contributed by atoms with Gasteiger partial charge in [0.25, 0.3) is 0 Å². The topological polar surface area (TPSA) is 29.0 Å². The third-order valence-corrected chi connectivity index (χ3v) is 5.10. The first-order chi connectivity index (χ1) is 10.3. The Kier molecular flexibility index (Phi) is 3.16. The van der Waals surface area contributed by atoms with Crippen molar-refractivity contribution in [1.29, 1.82) is 0 Å². The van der Waals surface area contributed by atoms with Crippen molar-refractivity contribution in [3.63, 3.8) is 0 Å². The molecule has 0 aliphatic carbocycles. The van der Waals surface area contributed by atoms with Gasteiger partial charge in [-0.3, -0.25) is 4.90 Å². The second kappa shape index (κ2) is 5.16. The molecule has 1 aliphatic rings. The van der Waals surface area contributed by atoms with Crippen molar-refractivity contribution in [3.8, 4) is 0 Å². The van der Waals surface area contributed by atoms with E-state index in [2.05, 4.69) is 14.9 Å². The molecular weight excluding hydrogens is 285 g/mol. The molecule has 1 aromatic carbocycles. The second-order valence-corrected chi connectivity index (χ2v) is 6.49. The van der Waals surface area contributed by atoms with Gasteiger partial charge in [0, 0.05) is 47.2 Å². The summed E-state index contributed by atoms with van der Waals surface area (Å²) in [5.74, 6) is -0.146. The molecule has 106 valence electrons. The average molecular weight is 299 g/mol. The number of fused-ring (bicyclic) bond motifs is 3. The van der Waals surface area contributed by atoms with Crippen molar-refractivity contribution in [2.75, 3.05) is 6.54 Å². The maximum Gasteiger partial charge on any atom is 0.123 e. The van der Waals surface area contributed by atoms with Crippen molar-refractivity contribution < 1.29 is 4.39 Å². The highest BCUT2D eigenvalue weighted by Gasteiger charge is 2.21. The van der Waals surface area contributed by atoms with Gasteiger partial charge in [0.15, 0.2) is 0 Å². The summed E-state index contributed by atoms with van der Waals surface area (Å²) in [6, 6.07) is 5.11. The molecule has 0 saturated heterocycles. The van der Waals surface area contributed by atoms with Crippen LogP contribution in [0.3, 0.4) is 0 Å². The minimum Gasteiger partial charge on any atom is -0.294 e. The summed E-state index contributed by atoms with van der Waals surface area (Å²) in [6.07, 6.45) is 6.26. The van der Waals surface area contributed by atoms with Crippen LogP contribution in [0.25, 0.3) is 10.1 Å². The van der Waals surface area contributed by atoms with E-state index < -0.39 is 0 Å². The van der Waals surface area contributed by atoms with Crippen molar-refractivity contribution in [2.45, 2.75) is 19.5 Å². The Morgan fingerprint density at radius 2 is 2.10 bits per heavy atom. The van der Waals surface area contributed by atoms with Gasteiger partial charge >= 0.3 is 0 Å². The third-order valence-electron chi connectivity index (χ3n) is 3.90. The molecule has 21 heavy (non-hydrogen) atoms. The first-order valence-electron chi connectivity index (χ1n) is 6.95. The minimum atomic E-state index is -0.146. The molecular formula is C16H14FN3S. The smallest absolute Gasteiger partial charge is 0.123 e. The van der Waals surface area contributed by atoms with E-state index in [0.717, 1.165) is 37.0 Å². The van der Waals surface area contributed by atoms with E-state index in [1.807, 2.05) is 18.5 Å². The van der Waals surface area contributed by atoms with Crippen LogP contribution >= 0.6 is 11.3 Å². The molecule has 3 heterocycles. The van der Waals surface area contributed by atoms with Gasteiger partial charge in [0.2, 0.25) is 0 Å². The van der Waals surface area contributed by atoms with Crippen LogP contribution in [0.15, 0.2) is 36.9 Å². The molecule has 0 N–H and O–H groups in total. The van der Waals surface area contributed by atoms with Gasteiger partial charge in [-0.2, -0.15) is 0 Å². The number of hydrogen-bond acceptors (Lipinski definition) is 4. The number of nitrogens with zero attached hydrogens (tertiary/aromatic N) is 3. The van der Waals surface area contributed by atoms with E-state index in [1.165, 1.54) is 15.1 Å². The number of halogens is 1. The Morgan fingerprint density at radius 3 is 2.95 bits per heavy atom. The third kappa shape index (κ3) is 2.43. The maximum absolute atomic E-state index is 13.4. The molecule has 0 bridgehead atoms. The van der Waals surface area contributed by atoms with E-state index in [1.54, 1.807) is 29.8 Å². The first-order valence-corrected chi connectivity index (χ1v) is 7.77. The molecule has 3 nitrogen and oxygen atoms in total. The molecule has 0 fully saturated rings. The molecule has 0 atom stereocenters. The molecule has 1 aliphatic heterocycles. The molecule has 0 unspecified atom stereocenters. The Bertz CT molecular complexity index is 785. The standard InChI is InChI=1S/C16H14FN3S/c17-12-1-2-15-14(5-12)13-3-4-20(9-16(13)21-15)8-11-6-18-10-19-7-11/h1-2,5-7,10H,3-4,8-9H2. The normalized spacial score (nSPS) is 15.3. The van der Waals surface area contributed by atoms with Crippen molar-refractivity contribution in [1.82, 2.24) is 14.9 Å². The van der Waals surface area contributed by atoms with Crippen molar-refractivity contribution in [2.24, 2.45) is 0 Å². The Morgan fingerprint density at radius 1 is 1.24 bits per heavy atom. The van der Waals surface area contributed by atoms with Gasteiger partial charge in [0.05, 0.1) is 0 Å². The van der Waals surface area contributed by atoms with Crippen LogP contribution in [0.2, 0.25) is 0 Å². The lowest BCUT2D eigenvalue weighted by Crippen LogP contribution is -2.29. The van der Waals surface area contributed by atoms with Crippen LogP contribution in [-0.4, -0.2) is 21.4 Å². The number of benzene rings is 1. The SMILES string of the molecule is Fc1ccc2sc3c(c2c1)CCN(Cc1cncnc1)C3. The van der Waals surface area contributed by atoms with E-state index in [4.69, 9.17) is 0 Å². The Balaban J connectivity index is 1.62. The van der Waals surface area contributed by atoms with Gasteiger partial charge in [-0.1, -0.05) is 0 Å². The fourth-order valence-corrected chi connectivity index (χ4v) is 4.21. The second-order valence-electron chi connectivity index (χ2n) is 5.35. The van der Waals surface area contributed by atoms with Gasteiger partial charge in [-0.15, -0.1) is 11.3 Å². The zero-order chi connectivity index (χ0) is 14.2. The number of hydrogen-bond donors (Lipinski definition) is 0. The predicted octanol–water partition coefficient (Wildman–Crippen LogP) is 3.39. The summed E-state index contributed by atoms with van der Waals surface area (Å²) >= 11 is 1.78. The zero-order valence-electron chi connectivity index (χ0n) is 11.4. The minimum absolute atomic E-state index is 0.146. The van der Waals surface area contributed by atoms with Gasteiger partial charge in [-0.05, 0) is 35.6 Å². The summed E-state index contributed by atoms with van der Waals surface area (Å²) in [5.41, 5.74) is 2.46. The summed E-state index contributed by atoms with van der Waals surface area (Å²) in [7, 11) is 0. The summed E-state index contributed by atoms with van der Waals surface area (Å²) < 4.78 is 14.6. The van der Waals surface area contributed by atoms with E-state index in [9.17, 15) is 4.39 Å². The number of aromatic nitrogens is 2. The number of rotatable bonds is 2. The summed E-state index contributed by atoms with van der Waals surface area (Å²) in [4.78, 5) is 11.9. The van der Waals surface area contributed by atoms with Crippen LogP contribution in [0.4, 0.5) is 4.39 Å². The molecule has 4 rings (SSSR count). The molecule has 2 aromatic heterocycles. The van der Waals surface area contributed by atoms with E-state index >= 15 is 0 Å². The molecule has 0 radical (unpaired) electrons. The Hall–Kier alpha value is -1.85. The van der Waals surface area contributed by atoms with Crippen LogP contribution in [0.1, 0.15) is 16.0 Å². The van der Waals surface area contributed by atoms with Crippen LogP contribution in [0, 0.1) is 5.82 Å². The molecule has 5 heteroatoms. The average Bonchev–Trinajstić information content (AvgIpc) is 2.85. The van der Waals surface area contributed by atoms with Gasteiger partial charge < -0.3 is 0 Å². The largest absolute Gasteiger partial charge is 0.294 e. The lowest BCUT2D eigenvalue weighted by Gasteiger charge is -2.26. The fraction of sp³-hybridized carbons (Fsp3) is 0.250. The molecule has 0 amide bonds. The molecule has 0 saturated carbocycles. The van der Waals surface area contributed by atoms with Gasteiger partial charge in [-0.25, -0.2) is 14.4 Å². The van der Waals surface area contributed by atoms with E-state index in [0.29, 0.717) is 0 Å². The summed E-state index contributed by atoms with van der Waals surface area (Å²) in [6.45, 7) is 2.78. The van der Waals surface area contributed by atoms with Crippen LogP contribution < -0.4 is 0 Å². The summed E-state index contributed by atoms with van der Waals surface area (Å²) in [5, 5.41) is 1.10. The zero-order valence-corrected chi connectivity index (χ0v) is 12.2. The van der Waals surface area contributed by atoms with Crippen molar-refractivity contribution >= 4 is 21.4 Å². The molecule has 0 spiro atoms.